The molecule has 0 aliphatic heterocycles. The van der Waals surface area contributed by atoms with Crippen molar-refractivity contribution in [2.24, 2.45) is 0 Å². The fourth-order valence-corrected chi connectivity index (χ4v) is 4.61. The van der Waals surface area contributed by atoms with E-state index in [1.807, 2.05) is 49.4 Å². The van der Waals surface area contributed by atoms with E-state index in [-0.39, 0.29) is 17.2 Å². The first-order valence-electron chi connectivity index (χ1n) is 11.4. The Labute approximate surface area is 204 Å². The predicted octanol–water partition coefficient (Wildman–Crippen LogP) is 6.19. The van der Waals surface area contributed by atoms with E-state index in [1.54, 1.807) is 12.4 Å². The summed E-state index contributed by atoms with van der Waals surface area (Å²) in [5.74, 6) is 1.10. The number of anilines is 1. The molecule has 1 N–H and O–H groups in total. The lowest BCUT2D eigenvalue weighted by Crippen LogP contribution is -2.23. The molecular formula is C27H29N5OS. The SMILES string of the molecule is CC(Sc1nnc(-c2cccnc2)n1C(C)c1ccccc1)C(=O)Nc1ccc(C(C)C)cc1. The molecule has 2 unspecified atom stereocenters. The Morgan fingerprint density at radius 1 is 0.882 bits per heavy atom. The smallest absolute Gasteiger partial charge is 0.237 e. The minimum absolute atomic E-state index is 0.0206. The number of carbonyl (C=O) groups is 1. The van der Waals surface area contributed by atoms with Gasteiger partial charge in [0.15, 0.2) is 11.0 Å². The Morgan fingerprint density at radius 3 is 2.26 bits per heavy atom. The molecular weight excluding hydrogens is 442 g/mol. The Morgan fingerprint density at radius 2 is 1.62 bits per heavy atom. The number of hydrogen-bond donors (Lipinski definition) is 1. The van der Waals surface area contributed by atoms with Gasteiger partial charge < -0.3 is 5.32 Å². The third kappa shape index (κ3) is 5.37. The summed E-state index contributed by atoms with van der Waals surface area (Å²) in [6.07, 6.45) is 3.52. The number of nitrogens with one attached hydrogen (secondary N) is 1. The van der Waals surface area contributed by atoms with Crippen molar-refractivity contribution in [3.63, 3.8) is 0 Å². The molecule has 0 aliphatic carbocycles. The zero-order chi connectivity index (χ0) is 24.1. The van der Waals surface area contributed by atoms with Crippen LogP contribution in [0.5, 0.6) is 0 Å². The number of rotatable bonds is 8. The van der Waals surface area contributed by atoms with Gasteiger partial charge in [0.1, 0.15) is 0 Å². The van der Waals surface area contributed by atoms with Gasteiger partial charge >= 0.3 is 0 Å². The van der Waals surface area contributed by atoms with Crippen LogP contribution in [0.1, 0.15) is 50.8 Å². The van der Waals surface area contributed by atoms with Gasteiger partial charge in [-0.25, -0.2) is 0 Å². The molecule has 0 aliphatic rings. The van der Waals surface area contributed by atoms with Gasteiger partial charge in [0.05, 0.1) is 11.3 Å². The lowest BCUT2D eigenvalue weighted by molar-refractivity contribution is -0.115. The molecule has 2 aromatic carbocycles. The maximum atomic E-state index is 13.0. The summed E-state index contributed by atoms with van der Waals surface area (Å²) < 4.78 is 2.08. The molecule has 0 saturated carbocycles. The number of pyridine rings is 1. The lowest BCUT2D eigenvalue weighted by Gasteiger charge is -2.20. The van der Waals surface area contributed by atoms with E-state index < -0.39 is 0 Å². The summed E-state index contributed by atoms with van der Waals surface area (Å²) >= 11 is 1.40. The van der Waals surface area contributed by atoms with Crippen LogP contribution in [0.3, 0.4) is 0 Å². The molecule has 1 amide bonds. The van der Waals surface area contributed by atoms with Gasteiger partial charge in [0, 0.05) is 23.6 Å². The lowest BCUT2D eigenvalue weighted by atomic mass is 10.0. The highest BCUT2D eigenvalue weighted by Crippen LogP contribution is 2.32. The second kappa shape index (κ2) is 10.7. The zero-order valence-electron chi connectivity index (χ0n) is 19.8. The molecule has 2 atom stereocenters. The van der Waals surface area contributed by atoms with Gasteiger partial charge in [-0.15, -0.1) is 10.2 Å². The highest BCUT2D eigenvalue weighted by atomic mass is 32.2. The van der Waals surface area contributed by atoms with Crippen LogP contribution >= 0.6 is 11.8 Å². The van der Waals surface area contributed by atoms with E-state index in [9.17, 15) is 4.79 Å². The number of carbonyl (C=O) groups excluding carboxylic acids is 1. The third-order valence-corrected chi connectivity index (χ3v) is 6.81. The molecule has 2 aromatic heterocycles. The number of nitrogens with zero attached hydrogens (tertiary/aromatic N) is 4. The first-order chi connectivity index (χ1) is 16.4. The molecule has 6 nitrogen and oxygen atoms in total. The van der Waals surface area contributed by atoms with E-state index in [2.05, 4.69) is 70.1 Å². The monoisotopic (exact) mass is 471 g/mol. The Balaban J connectivity index is 1.58. The summed E-state index contributed by atoms with van der Waals surface area (Å²) in [5, 5.41) is 12.3. The molecule has 4 rings (SSSR count). The predicted molar refractivity (Wildman–Crippen MR) is 138 cm³/mol. The van der Waals surface area contributed by atoms with Crippen LogP contribution in [0.15, 0.2) is 84.3 Å². The number of thioether (sulfide) groups is 1. The van der Waals surface area contributed by atoms with E-state index >= 15 is 0 Å². The average Bonchev–Trinajstić information content (AvgIpc) is 3.28. The maximum absolute atomic E-state index is 13.0. The van der Waals surface area contributed by atoms with Crippen LogP contribution in [0.25, 0.3) is 11.4 Å². The molecule has 0 spiro atoms. The van der Waals surface area contributed by atoms with Crippen LogP contribution in [0.4, 0.5) is 5.69 Å². The normalized spacial score (nSPS) is 13.0. The number of aromatic nitrogens is 4. The summed E-state index contributed by atoms with van der Waals surface area (Å²) in [7, 11) is 0. The summed E-state index contributed by atoms with van der Waals surface area (Å²) in [5.41, 5.74) is 4.05. The van der Waals surface area contributed by atoms with Crippen LogP contribution in [0, 0.1) is 0 Å². The Bertz CT molecular complexity index is 1220. The largest absolute Gasteiger partial charge is 0.325 e. The minimum atomic E-state index is -0.363. The van der Waals surface area contributed by atoms with Gasteiger partial charge in [-0.1, -0.05) is 68.1 Å². The van der Waals surface area contributed by atoms with Crippen molar-refractivity contribution in [3.8, 4) is 11.4 Å². The topological polar surface area (TPSA) is 72.7 Å². The van der Waals surface area contributed by atoms with E-state index in [4.69, 9.17) is 0 Å². The van der Waals surface area contributed by atoms with Gasteiger partial charge in [-0.05, 0) is 55.2 Å². The maximum Gasteiger partial charge on any atom is 0.237 e. The molecule has 34 heavy (non-hydrogen) atoms. The Hall–Kier alpha value is -3.45. The van der Waals surface area contributed by atoms with Crippen molar-refractivity contribution >= 4 is 23.4 Å². The van der Waals surface area contributed by atoms with Gasteiger partial charge in [-0.2, -0.15) is 0 Å². The van der Waals surface area contributed by atoms with Gasteiger partial charge in [0.25, 0.3) is 0 Å². The van der Waals surface area contributed by atoms with Crippen LogP contribution < -0.4 is 5.32 Å². The summed E-state index contributed by atoms with van der Waals surface area (Å²) in [6, 6.07) is 22.1. The van der Waals surface area contributed by atoms with Crippen molar-refractivity contribution < 1.29 is 4.79 Å². The zero-order valence-corrected chi connectivity index (χ0v) is 20.7. The molecule has 174 valence electrons. The van der Waals surface area contributed by atoms with E-state index in [0.29, 0.717) is 11.1 Å². The molecule has 0 radical (unpaired) electrons. The second-order valence-corrected chi connectivity index (χ2v) is 9.84. The third-order valence-electron chi connectivity index (χ3n) is 5.75. The van der Waals surface area contributed by atoms with Crippen molar-refractivity contribution in [2.75, 3.05) is 5.32 Å². The summed E-state index contributed by atoms with van der Waals surface area (Å²) in [6.45, 7) is 8.30. The number of hydrogen-bond acceptors (Lipinski definition) is 5. The fraction of sp³-hybridized carbons (Fsp3) is 0.259. The minimum Gasteiger partial charge on any atom is -0.325 e. The molecule has 0 bridgehead atoms. The molecule has 0 saturated heterocycles. The highest BCUT2D eigenvalue weighted by molar-refractivity contribution is 8.00. The van der Waals surface area contributed by atoms with Crippen molar-refractivity contribution in [1.29, 1.82) is 0 Å². The number of benzene rings is 2. The van der Waals surface area contributed by atoms with E-state index in [1.165, 1.54) is 17.3 Å². The van der Waals surface area contributed by atoms with Crippen LogP contribution in [-0.4, -0.2) is 30.9 Å². The molecule has 0 fully saturated rings. The summed E-state index contributed by atoms with van der Waals surface area (Å²) in [4.78, 5) is 17.2. The van der Waals surface area contributed by atoms with Crippen molar-refractivity contribution in [2.45, 2.75) is 50.1 Å². The van der Waals surface area contributed by atoms with Crippen molar-refractivity contribution in [1.82, 2.24) is 19.7 Å². The first-order valence-corrected chi connectivity index (χ1v) is 12.3. The molecule has 7 heteroatoms. The standard InChI is InChI=1S/C27H29N5OS/c1-18(2)21-12-14-24(15-13-21)29-26(33)20(4)34-27-31-30-25(23-11-8-16-28-17-23)32(27)19(3)22-9-6-5-7-10-22/h5-20H,1-4H3,(H,29,33). The van der Waals surface area contributed by atoms with Crippen LogP contribution in [0.2, 0.25) is 0 Å². The van der Waals surface area contributed by atoms with E-state index in [0.717, 1.165) is 22.6 Å². The average molecular weight is 472 g/mol. The highest BCUT2D eigenvalue weighted by Gasteiger charge is 2.24. The van der Waals surface area contributed by atoms with Gasteiger partial charge in [-0.3, -0.25) is 14.3 Å². The fourth-order valence-electron chi connectivity index (χ4n) is 3.69. The second-order valence-electron chi connectivity index (χ2n) is 8.53. The molecule has 4 aromatic rings. The number of amides is 1. The van der Waals surface area contributed by atoms with Crippen molar-refractivity contribution in [3.05, 3.63) is 90.3 Å². The quantitative estimate of drug-likeness (QED) is 0.310. The molecule has 2 heterocycles. The van der Waals surface area contributed by atoms with Crippen LogP contribution in [-0.2, 0) is 4.79 Å². The Kier molecular flexibility index (Phi) is 7.43. The first kappa shape index (κ1) is 23.7. The van der Waals surface area contributed by atoms with Gasteiger partial charge in [0.2, 0.25) is 5.91 Å².